The molecule has 1 aromatic rings. The van der Waals surface area contributed by atoms with Gasteiger partial charge in [0.15, 0.2) is 0 Å². The Morgan fingerprint density at radius 1 is 1.52 bits per heavy atom. The number of carbonyl (C=O) groups is 1. The molecule has 1 unspecified atom stereocenters. The molecule has 0 spiro atoms. The summed E-state index contributed by atoms with van der Waals surface area (Å²) in [6.45, 7) is 2.04. The van der Waals surface area contributed by atoms with Crippen molar-refractivity contribution in [3.8, 4) is 5.75 Å². The first-order chi connectivity index (χ1) is 10.0. The molecule has 0 aliphatic carbocycles. The zero-order valence-electron chi connectivity index (χ0n) is 11.9. The van der Waals surface area contributed by atoms with E-state index in [1.165, 1.54) is 0 Å². The van der Waals surface area contributed by atoms with Crippen molar-refractivity contribution in [1.82, 2.24) is 4.90 Å². The normalized spacial score (nSPS) is 19.2. The standard InChI is InChI=1S/C14H19N3O3S/c1-19-12-3-2-9(14(16)21)6-10(12)7-17-4-5-20-8-11(17)13(15)18/h2-3,6,11H,4-5,7-8H2,1H3,(H2,15,18)(H2,16,21). The number of rotatable bonds is 5. The Kier molecular flexibility index (Phi) is 5.11. The molecule has 4 N–H and O–H groups in total. The van der Waals surface area contributed by atoms with Gasteiger partial charge in [-0.25, -0.2) is 0 Å². The Morgan fingerprint density at radius 2 is 2.29 bits per heavy atom. The molecule has 6 nitrogen and oxygen atoms in total. The number of morpholine rings is 1. The number of hydrogen-bond donors (Lipinski definition) is 2. The van der Waals surface area contributed by atoms with Gasteiger partial charge >= 0.3 is 0 Å². The minimum absolute atomic E-state index is 0.312. The van der Waals surface area contributed by atoms with Crippen LogP contribution >= 0.6 is 12.2 Å². The Bertz CT molecular complexity index is 550. The molecule has 1 aromatic carbocycles. The van der Waals surface area contributed by atoms with Gasteiger partial charge in [0, 0.05) is 24.2 Å². The van der Waals surface area contributed by atoms with Crippen LogP contribution in [0.25, 0.3) is 0 Å². The van der Waals surface area contributed by atoms with Crippen LogP contribution in [0.15, 0.2) is 18.2 Å². The first-order valence-corrected chi connectivity index (χ1v) is 7.01. The van der Waals surface area contributed by atoms with Crippen molar-refractivity contribution in [1.29, 1.82) is 0 Å². The van der Waals surface area contributed by atoms with Crippen LogP contribution in [-0.4, -0.2) is 48.7 Å². The summed E-state index contributed by atoms with van der Waals surface area (Å²) in [5.41, 5.74) is 12.8. The van der Waals surface area contributed by atoms with E-state index >= 15 is 0 Å². The predicted octanol–water partition coefficient (Wildman–Crippen LogP) is 0.0155. The van der Waals surface area contributed by atoms with E-state index in [0.717, 1.165) is 16.9 Å². The summed E-state index contributed by atoms with van der Waals surface area (Å²) in [6.07, 6.45) is 0. The summed E-state index contributed by atoms with van der Waals surface area (Å²) >= 11 is 5.00. The highest BCUT2D eigenvalue weighted by molar-refractivity contribution is 7.80. The van der Waals surface area contributed by atoms with Crippen molar-refractivity contribution >= 4 is 23.1 Å². The Labute approximate surface area is 129 Å². The lowest BCUT2D eigenvalue weighted by atomic mass is 10.1. The summed E-state index contributed by atoms with van der Waals surface area (Å²) < 4.78 is 10.7. The van der Waals surface area contributed by atoms with Gasteiger partial charge < -0.3 is 20.9 Å². The van der Waals surface area contributed by atoms with Crippen molar-refractivity contribution in [3.05, 3.63) is 29.3 Å². The third-order valence-corrected chi connectivity index (χ3v) is 3.74. The fraction of sp³-hybridized carbons (Fsp3) is 0.429. The highest BCUT2D eigenvalue weighted by atomic mass is 32.1. The second-order valence-corrected chi connectivity index (χ2v) is 5.29. The van der Waals surface area contributed by atoms with Gasteiger partial charge in [-0.05, 0) is 18.2 Å². The van der Waals surface area contributed by atoms with Crippen molar-refractivity contribution < 1.29 is 14.3 Å². The molecule has 0 bridgehead atoms. The number of amides is 1. The Balaban J connectivity index is 2.25. The second kappa shape index (κ2) is 6.84. The van der Waals surface area contributed by atoms with Crippen molar-refractivity contribution in [3.63, 3.8) is 0 Å². The highest BCUT2D eigenvalue weighted by Crippen LogP contribution is 2.23. The Hall–Kier alpha value is -1.70. The number of thiocarbonyl (C=S) groups is 1. The second-order valence-electron chi connectivity index (χ2n) is 4.85. The third kappa shape index (κ3) is 3.69. The molecule has 1 aliphatic heterocycles. The molecule has 1 saturated heterocycles. The topological polar surface area (TPSA) is 90.8 Å². The molecule has 2 rings (SSSR count). The quantitative estimate of drug-likeness (QED) is 0.745. The lowest BCUT2D eigenvalue weighted by Crippen LogP contribution is -2.51. The minimum atomic E-state index is -0.433. The van der Waals surface area contributed by atoms with Crippen LogP contribution in [0.1, 0.15) is 11.1 Å². The number of hydrogen-bond acceptors (Lipinski definition) is 5. The summed E-state index contributed by atoms with van der Waals surface area (Å²) in [6, 6.07) is 5.09. The fourth-order valence-corrected chi connectivity index (χ4v) is 2.49. The van der Waals surface area contributed by atoms with E-state index in [1.807, 2.05) is 23.1 Å². The van der Waals surface area contributed by atoms with Gasteiger partial charge in [0.05, 0.1) is 20.3 Å². The monoisotopic (exact) mass is 309 g/mol. The van der Waals surface area contributed by atoms with Crippen molar-refractivity contribution in [2.45, 2.75) is 12.6 Å². The molecular weight excluding hydrogens is 290 g/mol. The zero-order chi connectivity index (χ0) is 15.4. The van der Waals surface area contributed by atoms with Crippen molar-refractivity contribution in [2.75, 3.05) is 26.9 Å². The highest BCUT2D eigenvalue weighted by Gasteiger charge is 2.28. The molecule has 114 valence electrons. The third-order valence-electron chi connectivity index (χ3n) is 3.51. The summed E-state index contributed by atoms with van der Waals surface area (Å²) in [5, 5.41) is 0. The van der Waals surface area contributed by atoms with Gasteiger partial charge in [-0.1, -0.05) is 12.2 Å². The van der Waals surface area contributed by atoms with Crippen molar-refractivity contribution in [2.24, 2.45) is 11.5 Å². The van der Waals surface area contributed by atoms with Gasteiger partial charge in [-0.3, -0.25) is 9.69 Å². The Morgan fingerprint density at radius 3 is 2.90 bits per heavy atom. The maximum atomic E-state index is 11.5. The van der Waals surface area contributed by atoms with Gasteiger partial charge in [0.25, 0.3) is 0 Å². The molecule has 1 fully saturated rings. The van der Waals surface area contributed by atoms with Crippen LogP contribution in [-0.2, 0) is 16.1 Å². The molecule has 0 radical (unpaired) electrons. The number of nitrogens with two attached hydrogens (primary N) is 2. The lowest BCUT2D eigenvalue weighted by Gasteiger charge is -2.33. The first-order valence-electron chi connectivity index (χ1n) is 6.60. The largest absolute Gasteiger partial charge is 0.496 e. The van der Waals surface area contributed by atoms with Gasteiger partial charge in [0.2, 0.25) is 5.91 Å². The van der Waals surface area contributed by atoms with Crippen LogP contribution in [0.5, 0.6) is 5.75 Å². The average Bonchev–Trinajstić information content (AvgIpc) is 2.47. The van der Waals surface area contributed by atoms with E-state index in [9.17, 15) is 4.79 Å². The first kappa shape index (κ1) is 15.7. The van der Waals surface area contributed by atoms with E-state index in [1.54, 1.807) is 7.11 Å². The molecule has 7 heteroatoms. The van der Waals surface area contributed by atoms with Crippen LogP contribution in [0.4, 0.5) is 0 Å². The predicted molar refractivity (Wildman–Crippen MR) is 83.1 cm³/mol. The van der Waals surface area contributed by atoms with Gasteiger partial charge in [-0.15, -0.1) is 0 Å². The number of nitrogens with zero attached hydrogens (tertiary/aromatic N) is 1. The minimum Gasteiger partial charge on any atom is -0.496 e. The number of carbonyl (C=O) groups excluding carboxylic acids is 1. The van der Waals surface area contributed by atoms with E-state index in [4.69, 9.17) is 33.2 Å². The average molecular weight is 309 g/mol. The number of benzene rings is 1. The van der Waals surface area contributed by atoms with Crippen LogP contribution in [0, 0.1) is 0 Å². The zero-order valence-corrected chi connectivity index (χ0v) is 12.7. The number of methoxy groups -OCH3 is 1. The summed E-state index contributed by atoms with van der Waals surface area (Å²) in [5.74, 6) is 0.337. The van der Waals surface area contributed by atoms with Crippen LogP contribution in [0.3, 0.4) is 0 Å². The molecule has 1 atom stereocenters. The fourth-order valence-electron chi connectivity index (χ4n) is 2.36. The molecule has 0 saturated carbocycles. The molecule has 21 heavy (non-hydrogen) atoms. The lowest BCUT2D eigenvalue weighted by molar-refractivity contribution is -0.129. The molecular formula is C14H19N3O3S. The van der Waals surface area contributed by atoms with E-state index in [0.29, 0.717) is 31.3 Å². The number of ether oxygens (including phenoxy) is 2. The van der Waals surface area contributed by atoms with E-state index < -0.39 is 6.04 Å². The number of primary amides is 1. The van der Waals surface area contributed by atoms with Crippen LogP contribution < -0.4 is 16.2 Å². The van der Waals surface area contributed by atoms with Gasteiger partial charge in [-0.2, -0.15) is 0 Å². The van der Waals surface area contributed by atoms with E-state index in [-0.39, 0.29) is 5.91 Å². The smallest absolute Gasteiger partial charge is 0.237 e. The maximum absolute atomic E-state index is 11.5. The summed E-state index contributed by atoms with van der Waals surface area (Å²) in [7, 11) is 1.60. The van der Waals surface area contributed by atoms with Gasteiger partial charge in [0.1, 0.15) is 16.8 Å². The molecule has 1 aliphatic rings. The molecule has 1 heterocycles. The maximum Gasteiger partial charge on any atom is 0.237 e. The van der Waals surface area contributed by atoms with Crippen LogP contribution in [0.2, 0.25) is 0 Å². The SMILES string of the molecule is COc1ccc(C(N)=S)cc1CN1CCOCC1C(N)=O. The molecule has 1 amide bonds. The summed E-state index contributed by atoms with van der Waals surface area (Å²) in [4.78, 5) is 13.8. The molecule has 0 aromatic heterocycles. The van der Waals surface area contributed by atoms with E-state index in [2.05, 4.69) is 0 Å².